The molecule has 1 amide bonds. The summed E-state index contributed by atoms with van der Waals surface area (Å²) in [4.78, 5) is 14.0. The van der Waals surface area contributed by atoms with Gasteiger partial charge >= 0.3 is 0 Å². The lowest BCUT2D eigenvalue weighted by Crippen LogP contribution is -2.30. The molecule has 2 N–H and O–H groups in total. The Morgan fingerprint density at radius 3 is 2.59 bits per heavy atom. The van der Waals surface area contributed by atoms with Gasteiger partial charge in [0.2, 0.25) is 5.91 Å². The van der Waals surface area contributed by atoms with Crippen molar-refractivity contribution in [2.75, 3.05) is 12.3 Å². The molecule has 1 unspecified atom stereocenters. The molecule has 0 aliphatic carbocycles. The Morgan fingerprint density at radius 1 is 1.09 bits per heavy atom. The maximum absolute atomic E-state index is 12.1. The zero-order valence-corrected chi connectivity index (χ0v) is 12.8. The predicted octanol–water partition coefficient (Wildman–Crippen LogP) is 2.91. The highest BCUT2D eigenvalue weighted by molar-refractivity contribution is 8.00. The van der Waals surface area contributed by atoms with Gasteiger partial charge in [0.05, 0.1) is 5.75 Å². The molecule has 2 aromatic rings. The van der Waals surface area contributed by atoms with Gasteiger partial charge in [-0.25, -0.2) is 0 Å². The molecular weight excluding hydrogens is 298 g/mol. The van der Waals surface area contributed by atoms with Crippen LogP contribution in [-0.2, 0) is 11.2 Å². The highest BCUT2D eigenvalue weighted by Gasteiger charge is 2.32. The topological polar surface area (TPSA) is 60.8 Å². The van der Waals surface area contributed by atoms with E-state index in [1.807, 2.05) is 35.2 Å². The quantitative estimate of drug-likeness (QED) is 0.852. The molecule has 1 atom stereocenters. The first-order valence-electron chi connectivity index (χ1n) is 7.12. The Kier molecular flexibility index (Phi) is 4.24. The molecule has 1 heterocycles. The van der Waals surface area contributed by atoms with E-state index in [0.29, 0.717) is 18.7 Å². The van der Waals surface area contributed by atoms with Crippen molar-refractivity contribution in [1.29, 1.82) is 0 Å². The maximum atomic E-state index is 12.1. The molecule has 0 aromatic heterocycles. The van der Waals surface area contributed by atoms with Crippen molar-refractivity contribution >= 4 is 17.7 Å². The van der Waals surface area contributed by atoms with Crippen LogP contribution in [0.25, 0.3) is 0 Å². The molecule has 0 saturated carbocycles. The molecule has 22 heavy (non-hydrogen) atoms. The third-order valence-electron chi connectivity index (χ3n) is 3.73. The van der Waals surface area contributed by atoms with Crippen molar-refractivity contribution in [3.63, 3.8) is 0 Å². The van der Waals surface area contributed by atoms with Crippen LogP contribution in [0.5, 0.6) is 11.5 Å². The number of benzene rings is 2. The molecule has 1 fully saturated rings. The summed E-state index contributed by atoms with van der Waals surface area (Å²) >= 11 is 1.64. The second-order valence-electron chi connectivity index (χ2n) is 5.23. The van der Waals surface area contributed by atoms with Gasteiger partial charge in [0.1, 0.15) is 5.37 Å². The monoisotopic (exact) mass is 315 g/mol. The minimum atomic E-state index is -0.126. The molecule has 114 valence electrons. The molecule has 0 radical (unpaired) electrons. The molecule has 3 rings (SSSR count). The lowest BCUT2D eigenvalue weighted by atomic mass is 10.1. The molecule has 1 aliphatic rings. The number of thioether (sulfide) groups is 1. The summed E-state index contributed by atoms with van der Waals surface area (Å²) in [6.07, 6.45) is 0.642. The third kappa shape index (κ3) is 3.04. The SMILES string of the molecule is O=C1CSC(c2ccccc2)N1CCc1ccc(O)c(O)c1. The number of carbonyl (C=O) groups excluding carboxylic acids is 1. The van der Waals surface area contributed by atoms with Gasteiger partial charge in [-0.15, -0.1) is 11.8 Å². The van der Waals surface area contributed by atoms with E-state index in [-0.39, 0.29) is 22.8 Å². The first kappa shape index (κ1) is 14.8. The van der Waals surface area contributed by atoms with Crippen LogP contribution in [0.1, 0.15) is 16.5 Å². The molecule has 2 aromatic carbocycles. The Labute approximate surface area is 133 Å². The molecule has 0 bridgehead atoms. The van der Waals surface area contributed by atoms with Crippen molar-refractivity contribution in [3.05, 3.63) is 59.7 Å². The first-order chi connectivity index (χ1) is 10.6. The summed E-state index contributed by atoms with van der Waals surface area (Å²) in [7, 11) is 0. The number of nitrogens with zero attached hydrogens (tertiary/aromatic N) is 1. The van der Waals surface area contributed by atoms with Gasteiger partial charge in [0.25, 0.3) is 0 Å². The van der Waals surface area contributed by atoms with E-state index in [2.05, 4.69) is 0 Å². The standard InChI is InChI=1S/C17H17NO3S/c19-14-7-6-12(10-15(14)20)8-9-18-16(21)11-22-17(18)13-4-2-1-3-5-13/h1-7,10,17,19-20H,8-9,11H2. The van der Waals surface area contributed by atoms with Crippen molar-refractivity contribution in [3.8, 4) is 11.5 Å². The van der Waals surface area contributed by atoms with Crippen LogP contribution in [0, 0.1) is 0 Å². The summed E-state index contributed by atoms with van der Waals surface area (Å²) < 4.78 is 0. The van der Waals surface area contributed by atoms with E-state index < -0.39 is 0 Å². The molecule has 5 heteroatoms. The normalized spacial score (nSPS) is 17.9. The molecule has 0 spiro atoms. The number of rotatable bonds is 4. The van der Waals surface area contributed by atoms with Gasteiger partial charge in [-0.1, -0.05) is 36.4 Å². The van der Waals surface area contributed by atoms with Crippen LogP contribution in [0.15, 0.2) is 48.5 Å². The Balaban J connectivity index is 1.72. The number of carbonyl (C=O) groups is 1. The average Bonchev–Trinajstić information content (AvgIpc) is 2.90. The highest BCUT2D eigenvalue weighted by Crippen LogP contribution is 2.38. The Bertz CT molecular complexity index is 675. The van der Waals surface area contributed by atoms with Crippen molar-refractivity contribution in [2.24, 2.45) is 0 Å². The lowest BCUT2D eigenvalue weighted by Gasteiger charge is -2.24. The second kappa shape index (κ2) is 6.32. The third-order valence-corrected chi connectivity index (χ3v) is 4.99. The van der Waals surface area contributed by atoms with E-state index in [0.717, 1.165) is 11.1 Å². The van der Waals surface area contributed by atoms with Crippen LogP contribution in [0.2, 0.25) is 0 Å². The second-order valence-corrected chi connectivity index (χ2v) is 6.30. The first-order valence-corrected chi connectivity index (χ1v) is 8.17. The zero-order valence-electron chi connectivity index (χ0n) is 12.0. The van der Waals surface area contributed by atoms with E-state index in [4.69, 9.17) is 0 Å². The number of phenolic OH excluding ortho intramolecular Hbond substituents is 2. The van der Waals surface area contributed by atoms with Gasteiger partial charge in [-0.3, -0.25) is 4.79 Å². The van der Waals surface area contributed by atoms with E-state index >= 15 is 0 Å². The zero-order chi connectivity index (χ0) is 15.5. The smallest absolute Gasteiger partial charge is 0.233 e. The summed E-state index contributed by atoms with van der Waals surface area (Å²) in [5, 5.41) is 18.9. The van der Waals surface area contributed by atoms with E-state index in [9.17, 15) is 15.0 Å². The number of phenols is 2. The van der Waals surface area contributed by atoms with Crippen LogP contribution in [-0.4, -0.2) is 33.3 Å². The summed E-state index contributed by atoms with van der Waals surface area (Å²) in [6.45, 7) is 0.593. The van der Waals surface area contributed by atoms with Gasteiger partial charge in [0, 0.05) is 6.54 Å². The van der Waals surface area contributed by atoms with Crippen LogP contribution >= 0.6 is 11.8 Å². The summed E-state index contributed by atoms with van der Waals surface area (Å²) in [6, 6.07) is 14.8. The fourth-order valence-corrected chi connectivity index (χ4v) is 3.78. The van der Waals surface area contributed by atoms with E-state index in [1.54, 1.807) is 23.9 Å². The lowest BCUT2D eigenvalue weighted by molar-refractivity contribution is -0.128. The van der Waals surface area contributed by atoms with Gasteiger partial charge < -0.3 is 15.1 Å². The van der Waals surface area contributed by atoms with Gasteiger partial charge in [0.15, 0.2) is 11.5 Å². The average molecular weight is 315 g/mol. The fraction of sp³-hybridized carbons (Fsp3) is 0.235. The predicted molar refractivity (Wildman–Crippen MR) is 86.8 cm³/mol. The van der Waals surface area contributed by atoms with Crippen molar-refractivity contribution < 1.29 is 15.0 Å². The maximum Gasteiger partial charge on any atom is 0.233 e. The number of amides is 1. The largest absolute Gasteiger partial charge is 0.504 e. The van der Waals surface area contributed by atoms with Gasteiger partial charge in [-0.05, 0) is 29.7 Å². The number of aromatic hydroxyl groups is 2. The van der Waals surface area contributed by atoms with Crippen LogP contribution in [0.4, 0.5) is 0 Å². The van der Waals surface area contributed by atoms with Crippen LogP contribution < -0.4 is 0 Å². The molecule has 1 saturated heterocycles. The van der Waals surface area contributed by atoms with Crippen LogP contribution in [0.3, 0.4) is 0 Å². The molecular formula is C17H17NO3S. The minimum absolute atomic E-state index is 0.0550. The minimum Gasteiger partial charge on any atom is -0.504 e. The fourth-order valence-electron chi connectivity index (χ4n) is 2.56. The summed E-state index contributed by atoms with van der Waals surface area (Å²) in [5.41, 5.74) is 2.03. The molecule has 4 nitrogen and oxygen atoms in total. The Morgan fingerprint density at radius 2 is 1.86 bits per heavy atom. The number of hydrogen-bond acceptors (Lipinski definition) is 4. The van der Waals surface area contributed by atoms with Crippen molar-refractivity contribution in [1.82, 2.24) is 4.90 Å². The Hall–Kier alpha value is -2.14. The molecule has 1 aliphatic heterocycles. The number of hydrogen-bond donors (Lipinski definition) is 2. The summed E-state index contributed by atoms with van der Waals surface area (Å²) in [5.74, 6) is 0.389. The highest BCUT2D eigenvalue weighted by atomic mass is 32.2. The van der Waals surface area contributed by atoms with Gasteiger partial charge in [-0.2, -0.15) is 0 Å². The van der Waals surface area contributed by atoms with Crippen molar-refractivity contribution in [2.45, 2.75) is 11.8 Å². The van der Waals surface area contributed by atoms with E-state index in [1.165, 1.54) is 6.07 Å².